The minimum absolute atomic E-state index is 0.0247. The van der Waals surface area contributed by atoms with Crippen molar-refractivity contribution in [1.29, 1.82) is 0 Å². The van der Waals surface area contributed by atoms with Gasteiger partial charge in [-0.2, -0.15) is 0 Å². The number of nitrogens with one attached hydrogen (secondary N) is 1. The van der Waals surface area contributed by atoms with Crippen molar-refractivity contribution in [3.05, 3.63) is 46.0 Å². The number of hydrogen-bond donors (Lipinski definition) is 2. The van der Waals surface area contributed by atoms with Crippen LogP contribution in [-0.2, 0) is 4.79 Å². The molecule has 0 fully saturated rings. The fourth-order valence-corrected chi connectivity index (χ4v) is 2.53. The number of carbonyl (C=O) groups excluding carboxylic acids is 1. The molecule has 9 nitrogen and oxygen atoms in total. The van der Waals surface area contributed by atoms with Crippen molar-refractivity contribution in [2.24, 2.45) is 4.99 Å². The summed E-state index contributed by atoms with van der Waals surface area (Å²) in [4.78, 5) is 26.6. The Hall–Kier alpha value is -3.62. The molecule has 0 bridgehead atoms. The molecule has 0 saturated carbocycles. The van der Waals surface area contributed by atoms with E-state index in [1.807, 2.05) is 6.92 Å². The van der Waals surface area contributed by atoms with Gasteiger partial charge in [-0.3, -0.25) is 19.9 Å². The molecule has 0 aliphatic rings. The third kappa shape index (κ3) is 5.68. The largest absolute Gasteiger partial charge is 0.504 e. The molecule has 1 amide bonds. The number of nitro benzene ring substituents is 1. The number of non-ortho nitro benzene ring substituents is 1. The van der Waals surface area contributed by atoms with E-state index >= 15 is 0 Å². The van der Waals surface area contributed by atoms with E-state index < -0.39 is 4.92 Å². The van der Waals surface area contributed by atoms with Gasteiger partial charge in [0.1, 0.15) is 5.75 Å². The van der Waals surface area contributed by atoms with E-state index in [9.17, 15) is 20.0 Å². The van der Waals surface area contributed by atoms with Gasteiger partial charge < -0.3 is 19.9 Å². The van der Waals surface area contributed by atoms with Crippen LogP contribution in [0, 0.1) is 10.1 Å². The maximum Gasteiger partial charge on any atom is 0.274 e. The van der Waals surface area contributed by atoms with Gasteiger partial charge in [-0.25, -0.2) is 0 Å². The lowest BCUT2D eigenvalue weighted by molar-refractivity contribution is -0.385. The van der Waals surface area contributed by atoms with E-state index in [4.69, 9.17) is 9.47 Å². The molecule has 0 aliphatic heterocycles. The van der Waals surface area contributed by atoms with Crippen molar-refractivity contribution >= 4 is 29.2 Å². The first kappa shape index (κ1) is 21.7. The Bertz CT molecular complexity index is 927. The van der Waals surface area contributed by atoms with Gasteiger partial charge in [0.15, 0.2) is 11.5 Å². The first-order valence-corrected chi connectivity index (χ1v) is 8.97. The van der Waals surface area contributed by atoms with E-state index in [1.165, 1.54) is 26.5 Å². The zero-order valence-electron chi connectivity index (χ0n) is 16.5. The second-order valence-electron chi connectivity index (χ2n) is 6.14. The van der Waals surface area contributed by atoms with Crippen molar-refractivity contribution in [3.63, 3.8) is 0 Å². The average Bonchev–Trinajstić information content (AvgIpc) is 2.71. The lowest BCUT2D eigenvalue weighted by atomic mass is 10.1. The van der Waals surface area contributed by atoms with Gasteiger partial charge in [0.2, 0.25) is 5.91 Å². The van der Waals surface area contributed by atoms with Crippen molar-refractivity contribution < 1.29 is 24.3 Å². The first-order valence-electron chi connectivity index (χ1n) is 8.97. The molecule has 0 aliphatic carbocycles. The molecule has 0 aromatic heterocycles. The lowest BCUT2D eigenvalue weighted by Gasteiger charge is -2.11. The standard InChI is InChI=1S/C20H23N3O6/c1-4-5-6-19(24)22-16-8-7-14(10-17(16)28-2)21-12-13-9-15(23(26)27)11-18(29-3)20(13)25/h7-12,25H,4-6H2,1-3H3,(H,22,24). The van der Waals surface area contributed by atoms with Gasteiger partial charge in [-0.15, -0.1) is 0 Å². The molecule has 0 atom stereocenters. The summed E-state index contributed by atoms with van der Waals surface area (Å²) in [6.45, 7) is 2.01. The highest BCUT2D eigenvalue weighted by atomic mass is 16.6. The summed E-state index contributed by atoms with van der Waals surface area (Å²) >= 11 is 0. The number of amides is 1. The van der Waals surface area contributed by atoms with Crippen LogP contribution in [0.4, 0.5) is 17.1 Å². The molecule has 0 spiro atoms. The van der Waals surface area contributed by atoms with Gasteiger partial charge in [-0.1, -0.05) is 13.3 Å². The summed E-state index contributed by atoms with van der Waals surface area (Å²) in [5.41, 5.74) is 0.890. The third-order valence-corrected chi connectivity index (χ3v) is 4.09. The van der Waals surface area contributed by atoms with Crippen LogP contribution in [0.5, 0.6) is 17.2 Å². The highest BCUT2D eigenvalue weighted by Crippen LogP contribution is 2.34. The summed E-state index contributed by atoms with van der Waals surface area (Å²) in [5, 5.41) is 24.0. The number of hydrogen-bond acceptors (Lipinski definition) is 7. The highest BCUT2D eigenvalue weighted by Gasteiger charge is 2.16. The predicted octanol–water partition coefficient (Wildman–Crippen LogP) is 4.20. The normalized spacial score (nSPS) is 10.7. The average molecular weight is 401 g/mol. The molecule has 0 saturated heterocycles. The van der Waals surface area contributed by atoms with Crippen molar-refractivity contribution in [3.8, 4) is 17.2 Å². The molecule has 0 unspecified atom stereocenters. The Kier molecular flexibility index (Phi) is 7.53. The smallest absolute Gasteiger partial charge is 0.274 e. The number of aliphatic imine (C=N–C) groups is 1. The first-order chi connectivity index (χ1) is 13.9. The third-order valence-electron chi connectivity index (χ3n) is 4.09. The number of ether oxygens (including phenoxy) is 2. The molecule has 154 valence electrons. The predicted molar refractivity (Wildman–Crippen MR) is 110 cm³/mol. The number of nitro groups is 1. The molecule has 29 heavy (non-hydrogen) atoms. The van der Waals surface area contributed by atoms with Crippen LogP contribution in [0.15, 0.2) is 35.3 Å². The number of aromatic hydroxyl groups is 1. The number of rotatable bonds is 9. The molecule has 2 rings (SSSR count). The van der Waals surface area contributed by atoms with Crippen LogP contribution in [0.25, 0.3) is 0 Å². The number of methoxy groups -OCH3 is 2. The van der Waals surface area contributed by atoms with Crippen LogP contribution in [0.3, 0.4) is 0 Å². The number of unbranched alkanes of at least 4 members (excludes halogenated alkanes) is 1. The second kappa shape index (κ2) is 10.1. The minimum atomic E-state index is -0.585. The van der Waals surface area contributed by atoms with Crippen molar-refractivity contribution in [2.75, 3.05) is 19.5 Å². The van der Waals surface area contributed by atoms with Gasteiger partial charge in [0.25, 0.3) is 5.69 Å². The van der Waals surface area contributed by atoms with Crippen LogP contribution < -0.4 is 14.8 Å². The van der Waals surface area contributed by atoms with Crippen molar-refractivity contribution in [2.45, 2.75) is 26.2 Å². The number of carbonyl (C=O) groups is 1. The number of anilines is 1. The monoisotopic (exact) mass is 401 g/mol. The summed E-state index contributed by atoms with van der Waals surface area (Å²) in [7, 11) is 2.78. The number of benzene rings is 2. The van der Waals surface area contributed by atoms with Gasteiger partial charge in [0, 0.05) is 30.3 Å². The quantitative estimate of drug-likeness (QED) is 0.369. The Labute approximate surface area is 168 Å². The van der Waals surface area contributed by atoms with Crippen LogP contribution >= 0.6 is 0 Å². The van der Waals surface area contributed by atoms with E-state index in [0.29, 0.717) is 23.5 Å². The number of nitrogens with zero attached hydrogens (tertiary/aromatic N) is 2. The van der Waals surface area contributed by atoms with Gasteiger partial charge in [0.05, 0.1) is 36.6 Å². The van der Waals surface area contributed by atoms with Gasteiger partial charge >= 0.3 is 0 Å². The molecule has 0 heterocycles. The second-order valence-corrected chi connectivity index (χ2v) is 6.14. The molecule has 0 radical (unpaired) electrons. The number of phenols is 1. The molecule has 9 heteroatoms. The Balaban J connectivity index is 2.28. The molecule has 2 aromatic carbocycles. The van der Waals surface area contributed by atoms with E-state index in [-0.39, 0.29) is 28.7 Å². The minimum Gasteiger partial charge on any atom is -0.504 e. The van der Waals surface area contributed by atoms with Crippen molar-refractivity contribution in [1.82, 2.24) is 0 Å². The SMILES string of the molecule is CCCCC(=O)Nc1ccc(N=Cc2cc([N+](=O)[O-])cc(OC)c2O)cc1OC. The summed E-state index contributed by atoms with van der Waals surface area (Å²) < 4.78 is 10.3. The summed E-state index contributed by atoms with van der Waals surface area (Å²) in [5.74, 6) is 0.0392. The maximum absolute atomic E-state index is 11.9. The molecular weight excluding hydrogens is 378 g/mol. The summed E-state index contributed by atoms with van der Waals surface area (Å²) in [6.07, 6.45) is 3.44. The number of phenolic OH excluding ortho intramolecular Hbond substituents is 1. The van der Waals surface area contributed by atoms with E-state index in [2.05, 4.69) is 10.3 Å². The van der Waals surface area contributed by atoms with E-state index in [1.54, 1.807) is 18.2 Å². The molecule has 2 N–H and O–H groups in total. The fourth-order valence-electron chi connectivity index (χ4n) is 2.53. The lowest BCUT2D eigenvalue weighted by Crippen LogP contribution is -2.11. The maximum atomic E-state index is 11.9. The van der Waals surface area contributed by atoms with Crippen LogP contribution in [0.2, 0.25) is 0 Å². The van der Waals surface area contributed by atoms with E-state index in [0.717, 1.165) is 18.9 Å². The molecule has 2 aromatic rings. The van der Waals surface area contributed by atoms with Crippen LogP contribution in [-0.4, -0.2) is 36.4 Å². The summed E-state index contributed by atoms with van der Waals surface area (Å²) in [6, 6.07) is 7.24. The van der Waals surface area contributed by atoms with Crippen LogP contribution in [0.1, 0.15) is 31.7 Å². The topological polar surface area (TPSA) is 123 Å². The Morgan fingerprint density at radius 1 is 1.24 bits per heavy atom. The zero-order valence-corrected chi connectivity index (χ0v) is 16.5. The Morgan fingerprint density at radius 2 is 1.97 bits per heavy atom. The highest BCUT2D eigenvalue weighted by molar-refractivity contribution is 5.93. The zero-order chi connectivity index (χ0) is 21.4. The molecular formula is C20H23N3O6. The Morgan fingerprint density at radius 3 is 2.59 bits per heavy atom. The van der Waals surface area contributed by atoms with Gasteiger partial charge in [-0.05, 0) is 18.6 Å². The fraction of sp³-hybridized carbons (Fsp3) is 0.300.